The van der Waals surface area contributed by atoms with Crippen LogP contribution in [0.5, 0.6) is 11.5 Å². The molecule has 38 heavy (non-hydrogen) atoms. The van der Waals surface area contributed by atoms with E-state index < -0.39 is 17.4 Å². The lowest BCUT2D eigenvalue weighted by Crippen LogP contribution is -2.38. The molecule has 0 atom stereocenters. The summed E-state index contributed by atoms with van der Waals surface area (Å²) < 4.78 is 10.8. The quantitative estimate of drug-likeness (QED) is 0.150. The maximum absolute atomic E-state index is 12.9. The largest absolute Gasteiger partial charge is 0.493 e. The lowest BCUT2D eigenvalue weighted by Gasteiger charge is -2.30. The Balaban J connectivity index is 1.26. The molecule has 0 radical (unpaired) electrons. The highest BCUT2D eigenvalue weighted by atomic mass is 32.1. The number of esters is 1. The molecule has 0 saturated heterocycles. The predicted octanol–water partition coefficient (Wildman–Crippen LogP) is 4.72. The predicted molar refractivity (Wildman–Crippen MR) is 147 cm³/mol. The lowest BCUT2D eigenvalue weighted by molar-refractivity contribution is -0.114. The number of amides is 1. The van der Waals surface area contributed by atoms with Gasteiger partial charge in [-0.3, -0.25) is 10.2 Å². The number of carbonyl (C=O) groups is 2. The van der Waals surface area contributed by atoms with E-state index in [1.54, 1.807) is 35.7 Å². The Bertz CT molecular complexity index is 1450. The van der Waals surface area contributed by atoms with Crippen LogP contribution in [0.1, 0.15) is 32.8 Å². The van der Waals surface area contributed by atoms with E-state index in [4.69, 9.17) is 9.47 Å². The molecule has 3 aromatic carbocycles. The number of carbonyl (C=O) groups excluding carboxylic acids is 2. The number of methoxy groups -OCH3 is 1. The van der Waals surface area contributed by atoms with Crippen LogP contribution in [-0.2, 0) is 10.3 Å². The maximum Gasteiger partial charge on any atom is 0.353 e. The molecule has 2 N–H and O–H groups in total. The van der Waals surface area contributed by atoms with E-state index in [0.717, 1.165) is 11.1 Å². The Morgan fingerprint density at radius 2 is 1.68 bits per heavy atom. The molecule has 0 saturated carbocycles. The van der Waals surface area contributed by atoms with Crippen molar-refractivity contribution in [3.05, 3.63) is 118 Å². The third-order valence-electron chi connectivity index (χ3n) is 6.10. The molecule has 0 bridgehead atoms. The van der Waals surface area contributed by atoms with Crippen molar-refractivity contribution >= 4 is 35.1 Å². The van der Waals surface area contributed by atoms with Crippen LogP contribution in [0.2, 0.25) is 0 Å². The Kier molecular flexibility index (Phi) is 7.28. The van der Waals surface area contributed by atoms with Gasteiger partial charge in [-0.2, -0.15) is 10.2 Å². The number of thiophene rings is 1. The summed E-state index contributed by atoms with van der Waals surface area (Å²) in [5.41, 5.74) is 8.11. The Labute approximate surface area is 223 Å². The zero-order valence-corrected chi connectivity index (χ0v) is 21.3. The van der Waals surface area contributed by atoms with Gasteiger partial charge >= 0.3 is 5.97 Å². The summed E-state index contributed by atoms with van der Waals surface area (Å²) in [6.07, 6.45) is 1.84. The molecule has 5 rings (SSSR count). The molecule has 1 amide bonds. The molecule has 9 heteroatoms. The first-order valence-corrected chi connectivity index (χ1v) is 12.7. The minimum absolute atomic E-state index is 0.289. The third kappa shape index (κ3) is 5.18. The third-order valence-corrected chi connectivity index (χ3v) is 6.95. The summed E-state index contributed by atoms with van der Waals surface area (Å²) in [5, 5.41) is 10.3. The van der Waals surface area contributed by atoms with Crippen molar-refractivity contribution in [1.82, 2.24) is 10.9 Å². The van der Waals surface area contributed by atoms with Crippen LogP contribution < -0.4 is 20.3 Å². The number of benzene rings is 3. The summed E-state index contributed by atoms with van der Waals surface area (Å²) in [4.78, 5) is 25.7. The first-order chi connectivity index (χ1) is 18.6. The highest BCUT2D eigenvalue weighted by Gasteiger charge is 2.41. The average molecular weight is 525 g/mol. The van der Waals surface area contributed by atoms with E-state index in [-0.39, 0.29) is 5.75 Å². The lowest BCUT2D eigenvalue weighted by atomic mass is 9.80. The van der Waals surface area contributed by atoms with Gasteiger partial charge in [0.25, 0.3) is 5.91 Å². The highest BCUT2D eigenvalue weighted by Crippen LogP contribution is 2.36. The molecule has 0 fully saturated rings. The van der Waals surface area contributed by atoms with Gasteiger partial charge in [-0.05, 0) is 46.3 Å². The van der Waals surface area contributed by atoms with Gasteiger partial charge in [-0.15, -0.1) is 11.3 Å². The molecular formula is C29H24N4O4S. The number of hydrazone groups is 2. The Morgan fingerprint density at radius 1 is 0.974 bits per heavy atom. The fraction of sp³-hybridized carbons (Fsp3) is 0.103. The summed E-state index contributed by atoms with van der Waals surface area (Å²) in [5.74, 6) is -0.211. The molecule has 1 aliphatic heterocycles. The van der Waals surface area contributed by atoms with Crippen LogP contribution in [0.25, 0.3) is 0 Å². The van der Waals surface area contributed by atoms with Crippen molar-refractivity contribution in [2.24, 2.45) is 10.2 Å². The molecule has 1 aliphatic rings. The van der Waals surface area contributed by atoms with Gasteiger partial charge in [0.1, 0.15) is 16.1 Å². The van der Waals surface area contributed by atoms with Gasteiger partial charge in [0.2, 0.25) is 0 Å². The van der Waals surface area contributed by atoms with Crippen LogP contribution >= 0.6 is 11.3 Å². The number of hydrogen-bond donors (Lipinski definition) is 2. The first kappa shape index (κ1) is 24.9. The zero-order chi connectivity index (χ0) is 26.4. The van der Waals surface area contributed by atoms with E-state index in [0.29, 0.717) is 28.3 Å². The van der Waals surface area contributed by atoms with Gasteiger partial charge in [0.15, 0.2) is 11.5 Å². The van der Waals surface area contributed by atoms with Crippen molar-refractivity contribution in [2.75, 3.05) is 7.11 Å². The van der Waals surface area contributed by atoms with Crippen LogP contribution in [0.15, 0.2) is 107 Å². The second kappa shape index (κ2) is 11.1. The number of rotatable bonds is 8. The van der Waals surface area contributed by atoms with Crippen molar-refractivity contribution in [3.63, 3.8) is 0 Å². The van der Waals surface area contributed by atoms with Gasteiger partial charge in [-0.1, -0.05) is 66.7 Å². The van der Waals surface area contributed by atoms with E-state index in [1.807, 2.05) is 60.7 Å². The number of hydrogen-bond acceptors (Lipinski definition) is 8. The van der Waals surface area contributed by atoms with Crippen LogP contribution in [0, 0.1) is 0 Å². The Hall–Kier alpha value is -4.76. The minimum atomic E-state index is -0.650. The average Bonchev–Trinajstić information content (AvgIpc) is 3.67. The number of ether oxygens (including phenoxy) is 2. The van der Waals surface area contributed by atoms with E-state index in [1.165, 1.54) is 24.7 Å². The summed E-state index contributed by atoms with van der Waals surface area (Å²) in [6, 6.07) is 28.3. The van der Waals surface area contributed by atoms with Crippen LogP contribution in [0.3, 0.4) is 0 Å². The smallest absolute Gasteiger partial charge is 0.353 e. The van der Waals surface area contributed by atoms with E-state index in [2.05, 4.69) is 21.1 Å². The second-order valence-electron chi connectivity index (χ2n) is 8.46. The molecule has 1 aromatic heterocycles. The fourth-order valence-electron chi connectivity index (χ4n) is 4.19. The van der Waals surface area contributed by atoms with Crippen molar-refractivity contribution in [2.45, 2.75) is 12.0 Å². The monoisotopic (exact) mass is 524 g/mol. The highest BCUT2D eigenvalue weighted by molar-refractivity contribution is 7.12. The standard InChI is InChI=1S/C29H24N4O4S/c1-36-25-17-20(14-15-24(25)37-28(35)26-13-8-16-38-26)19-30-32-27(34)23-18-29(33-31-23,21-9-4-2-5-10-21)22-11-6-3-7-12-22/h2-17,19,33H,18H2,1H3,(H,32,34). The molecule has 2 heterocycles. The minimum Gasteiger partial charge on any atom is -0.493 e. The number of nitrogens with one attached hydrogen (secondary N) is 2. The molecule has 8 nitrogen and oxygen atoms in total. The SMILES string of the molecule is COc1cc(C=NNC(=O)C2=NNC(c3ccccc3)(c3ccccc3)C2)ccc1OC(=O)c1cccs1. The second-order valence-corrected chi connectivity index (χ2v) is 9.41. The fourth-order valence-corrected chi connectivity index (χ4v) is 4.79. The molecule has 0 spiro atoms. The summed E-state index contributed by atoms with van der Waals surface area (Å²) >= 11 is 1.30. The normalized spacial score (nSPS) is 14.0. The molecular weight excluding hydrogens is 500 g/mol. The van der Waals surface area contributed by atoms with Gasteiger partial charge < -0.3 is 9.47 Å². The van der Waals surface area contributed by atoms with E-state index in [9.17, 15) is 9.59 Å². The zero-order valence-electron chi connectivity index (χ0n) is 20.5. The van der Waals surface area contributed by atoms with Crippen molar-refractivity contribution < 1.29 is 19.1 Å². The number of nitrogens with zero attached hydrogens (tertiary/aromatic N) is 2. The molecule has 0 unspecified atom stereocenters. The molecule has 190 valence electrons. The topological polar surface area (TPSA) is 101 Å². The van der Waals surface area contributed by atoms with Crippen molar-refractivity contribution in [3.8, 4) is 11.5 Å². The first-order valence-electron chi connectivity index (χ1n) is 11.8. The van der Waals surface area contributed by atoms with Crippen molar-refractivity contribution in [1.29, 1.82) is 0 Å². The maximum atomic E-state index is 12.9. The van der Waals surface area contributed by atoms with Crippen LogP contribution in [0.4, 0.5) is 0 Å². The van der Waals surface area contributed by atoms with Gasteiger partial charge in [-0.25, -0.2) is 10.2 Å². The molecule has 4 aromatic rings. The van der Waals surface area contributed by atoms with Gasteiger partial charge in [0, 0.05) is 6.42 Å². The Morgan fingerprint density at radius 3 is 2.32 bits per heavy atom. The summed E-state index contributed by atoms with van der Waals surface area (Å²) in [6.45, 7) is 0. The van der Waals surface area contributed by atoms with E-state index >= 15 is 0 Å². The molecule has 0 aliphatic carbocycles. The van der Waals surface area contributed by atoms with Crippen LogP contribution in [-0.4, -0.2) is 30.9 Å². The van der Waals surface area contributed by atoms with Gasteiger partial charge in [0.05, 0.1) is 13.3 Å². The summed E-state index contributed by atoms with van der Waals surface area (Å²) in [7, 11) is 1.48.